The van der Waals surface area contributed by atoms with Crippen LogP contribution in [-0.4, -0.2) is 35.2 Å². The van der Waals surface area contributed by atoms with Gasteiger partial charge in [-0.3, -0.25) is 9.29 Å². The number of para-hydroxylation sites is 2. The number of sulfonamides is 1. The molecule has 0 aliphatic heterocycles. The van der Waals surface area contributed by atoms with Gasteiger partial charge in [-0.1, -0.05) is 42.5 Å². The van der Waals surface area contributed by atoms with E-state index in [1.807, 2.05) is 38.1 Å². The summed E-state index contributed by atoms with van der Waals surface area (Å²) in [5.41, 5.74) is 2.14. The topological polar surface area (TPSA) is 116 Å². The van der Waals surface area contributed by atoms with Crippen molar-refractivity contribution in [2.24, 2.45) is 0 Å². The van der Waals surface area contributed by atoms with E-state index in [0.29, 0.717) is 24.2 Å². The minimum Gasteiger partial charge on any atom is -0.387 e. The van der Waals surface area contributed by atoms with Gasteiger partial charge in [0.25, 0.3) is 10.0 Å². The Morgan fingerprint density at radius 3 is 2.49 bits per heavy atom. The summed E-state index contributed by atoms with van der Waals surface area (Å²) >= 11 is 0. The summed E-state index contributed by atoms with van der Waals surface area (Å²) in [6, 6.07) is 22.4. The number of nitrogens with zero attached hydrogens (tertiary/aromatic N) is 1. The van der Waals surface area contributed by atoms with Gasteiger partial charge in [-0.25, -0.2) is 13.2 Å². The molecule has 4 N–H and O–H groups in total. The van der Waals surface area contributed by atoms with Gasteiger partial charge in [0.1, 0.15) is 0 Å². The van der Waals surface area contributed by atoms with E-state index >= 15 is 0 Å². The standard InChI is InChI=1S/C26H30N4O4S/c1-26(2,15-16-30-23-14-7-6-13-22(23)28-25(30)32)27-18-24(31)19-9-8-10-20(17-19)29-35(33,34)21-11-4-3-5-12-21/h3-14,17,24,27,29,31H,15-16,18H2,1-2H3,(H,28,32). The predicted molar refractivity (Wildman–Crippen MR) is 138 cm³/mol. The number of nitrogens with one attached hydrogen (secondary N) is 3. The van der Waals surface area contributed by atoms with Crippen molar-refractivity contribution in [3.05, 3.63) is 94.9 Å². The van der Waals surface area contributed by atoms with Crippen molar-refractivity contribution in [3.63, 3.8) is 0 Å². The molecule has 1 heterocycles. The summed E-state index contributed by atoms with van der Waals surface area (Å²) in [5, 5.41) is 14.1. The van der Waals surface area contributed by atoms with Crippen molar-refractivity contribution in [2.75, 3.05) is 11.3 Å². The summed E-state index contributed by atoms with van der Waals surface area (Å²) < 4.78 is 29.5. The van der Waals surface area contributed by atoms with Crippen LogP contribution in [0, 0.1) is 0 Å². The Labute approximate surface area is 204 Å². The fourth-order valence-corrected chi connectivity index (χ4v) is 4.99. The molecular formula is C26H30N4O4S. The Morgan fingerprint density at radius 2 is 1.71 bits per heavy atom. The molecule has 0 fully saturated rings. The van der Waals surface area contributed by atoms with E-state index < -0.39 is 16.1 Å². The maximum atomic E-state index is 12.6. The van der Waals surface area contributed by atoms with Gasteiger partial charge in [0.2, 0.25) is 0 Å². The molecule has 3 aromatic carbocycles. The Morgan fingerprint density at radius 1 is 1.00 bits per heavy atom. The van der Waals surface area contributed by atoms with E-state index in [2.05, 4.69) is 15.0 Å². The Bertz CT molecular complexity index is 1460. The van der Waals surface area contributed by atoms with Gasteiger partial charge in [-0.05, 0) is 62.2 Å². The molecule has 4 rings (SSSR count). The van der Waals surface area contributed by atoms with Crippen LogP contribution in [0.2, 0.25) is 0 Å². The van der Waals surface area contributed by atoms with E-state index in [4.69, 9.17) is 0 Å². The highest BCUT2D eigenvalue weighted by atomic mass is 32.2. The molecule has 4 aromatic rings. The van der Waals surface area contributed by atoms with E-state index in [1.54, 1.807) is 47.0 Å². The monoisotopic (exact) mass is 494 g/mol. The zero-order valence-corrected chi connectivity index (χ0v) is 20.5. The van der Waals surface area contributed by atoms with Crippen LogP contribution in [0.1, 0.15) is 31.9 Å². The van der Waals surface area contributed by atoms with Crippen molar-refractivity contribution >= 4 is 26.7 Å². The minimum absolute atomic E-state index is 0.142. The number of hydrogen-bond acceptors (Lipinski definition) is 5. The summed E-state index contributed by atoms with van der Waals surface area (Å²) in [7, 11) is -3.72. The van der Waals surface area contributed by atoms with Gasteiger partial charge in [-0.15, -0.1) is 0 Å². The normalized spacial score (nSPS) is 13.1. The lowest BCUT2D eigenvalue weighted by Gasteiger charge is -2.28. The third-order valence-corrected chi connectivity index (χ3v) is 7.39. The van der Waals surface area contributed by atoms with Crippen LogP contribution in [0.25, 0.3) is 11.0 Å². The lowest BCUT2D eigenvalue weighted by molar-refractivity contribution is 0.158. The lowest BCUT2D eigenvalue weighted by atomic mass is 9.99. The van der Waals surface area contributed by atoms with Crippen molar-refractivity contribution < 1.29 is 13.5 Å². The lowest BCUT2D eigenvalue weighted by Crippen LogP contribution is -2.42. The molecule has 1 atom stereocenters. The van der Waals surface area contributed by atoms with Crippen LogP contribution in [0.4, 0.5) is 5.69 Å². The maximum absolute atomic E-state index is 12.6. The van der Waals surface area contributed by atoms with Crippen LogP contribution in [0.3, 0.4) is 0 Å². The quantitative estimate of drug-likeness (QED) is 0.269. The first kappa shape index (κ1) is 24.7. The molecule has 0 radical (unpaired) electrons. The second kappa shape index (κ2) is 10.1. The number of aryl methyl sites for hydroxylation is 1. The summed E-state index contributed by atoms with van der Waals surface area (Å²) in [4.78, 5) is 15.4. The van der Waals surface area contributed by atoms with Crippen LogP contribution in [-0.2, 0) is 16.6 Å². The van der Waals surface area contributed by atoms with Gasteiger partial charge in [0.15, 0.2) is 0 Å². The minimum atomic E-state index is -3.72. The molecule has 184 valence electrons. The largest absolute Gasteiger partial charge is 0.387 e. The molecule has 0 amide bonds. The first-order valence-electron chi connectivity index (χ1n) is 11.4. The molecule has 0 spiro atoms. The van der Waals surface area contributed by atoms with Crippen molar-refractivity contribution in [2.45, 2.75) is 43.4 Å². The van der Waals surface area contributed by atoms with Gasteiger partial charge < -0.3 is 15.4 Å². The molecule has 0 saturated carbocycles. The van der Waals surface area contributed by atoms with Crippen molar-refractivity contribution in [1.82, 2.24) is 14.9 Å². The summed E-state index contributed by atoms with van der Waals surface area (Å²) in [6.45, 7) is 4.83. The number of aliphatic hydroxyl groups excluding tert-OH is 1. The van der Waals surface area contributed by atoms with Gasteiger partial charge >= 0.3 is 5.69 Å². The Balaban J connectivity index is 1.37. The third kappa shape index (κ3) is 6.00. The number of β-amino-alcohol motifs (C(OH)–C–C–N with tert-alkyl or cyclic N) is 1. The number of anilines is 1. The highest BCUT2D eigenvalue weighted by Gasteiger charge is 2.21. The van der Waals surface area contributed by atoms with Crippen molar-refractivity contribution in [3.8, 4) is 0 Å². The molecule has 1 aromatic heterocycles. The van der Waals surface area contributed by atoms with Crippen LogP contribution < -0.4 is 15.7 Å². The maximum Gasteiger partial charge on any atom is 0.326 e. The smallest absolute Gasteiger partial charge is 0.326 e. The number of aromatic amines is 1. The van der Waals surface area contributed by atoms with Crippen LogP contribution in [0.5, 0.6) is 0 Å². The molecule has 1 unspecified atom stereocenters. The van der Waals surface area contributed by atoms with Gasteiger partial charge in [-0.2, -0.15) is 0 Å². The fraction of sp³-hybridized carbons (Fsp3) is 0.269. The Hall–Kier alpha value is -3.40. The first-order chi connectivity index (χ1) is 16.6. The molecule has 0 bridgehead atoms. The summed E-state index contributed by atoms with van der Waals surface area (Å²) in [5.74, 6) is 0. The van der Waals surface area contributed by atoms with E-state index in [-0.39, 0.29) is 22.7 Å². The zero-order chi connectivity index (χ0) is 25.1. The second-order valence-corrected chi connectivity index (χ2v) is 10.9. The molecule has 9 heteroatoms. The average molecular weight is 495 g/mol. The van der Waals surface area contributed by atoms with E-state index in [1.165, 1.54) is 12.1 Å². The highest BCUT2D eigenvalue weighted by Crippen LogP contribution is 2.22. The predicted octanol–water partition coefficient (Wildman–Crippen LogP) is 3.62. The number of aliphatic hydroxyl groups is 1. The zero-order valence-electron chi connectivity index (χ0n) is 19.7. The fourth-order valence-electron chi connectivity index (χ4n) is 3.92. The van der Waals surface area contributed by atoms with Gasteiger partial charge in [0.05, 0.1) is 22.0 Å². The number of fused-ring (bicyclic) bond motifs is 1. The van der Waals surface area contributed by atoms with Crippen LogP contribution in [0.15, 0.2) is 88.6 Å². The van der Waals surface area contributed by atoms with E-state index in [9.17, 15) is 18.3 Å². The number of H-pyrrole nitrogens is 1. The number of imidazole rings is 1. The molecule has 0 aliphatic rings. The molecule has 35 heavy (non-hydrogen) atoms. The third-order valence-electron chi connectivity index (χ3n) is 5.99. The Kier molecular flexibility index (Phi) is 7.11. The number of benzene rings is 3. The molecule has 0 aliphatic carbocycles. The molecular weight excluding hydrogens is 464 g/mol. The van der Waals surface area contributed by atoms with Crippen LogP contribution >= 0.6 is 0 Å². The highest BCUT2D eigenvalue weighted by molar-refractivity contribution is 7.92. The SMILES string of the molecule is CC(C)(CCn1c(=O)[nH]c2ccccc21)NCC(O)c1cccc(NS(=O)(=O)c2ccccc2)c1. The number of aromatic nitrogens is 2. The number of rotatable bonds is 10. The number of hydrogen-bond donors (Lipinski definition) is 4. The first-order valence-corrected chi connectivity index (χ1v) is 12.9. The van der Waals surface area contributed by atoms with E-state index in [0.717, 1.165) is 11.0 Å². The summed E-state index contributed by atoms with van der Waals surface area (Å²) in [6.07, 6.45) is -0.176. The molecule has 8 nitrogen and oxygen atoms in total. The van der Waals surface area contributed by atoms with Gasteiger partial charge in [0, 0.05) is 24.3 Å². The molecule has 0 saturated heterocycles. The second-order valence-electron chi connectivity index (χ2n) is 9.17. The average Bonchev–Trinajstić information content (AvgIpc) is 3.16. The van der Waals surface area contributed by atoms with Crippen molar-refractivity contribution in [1.29, 1.82) is 0 Å².